The first kappa shape index (κ1) is 13.3. The van der Waals surface area contributed by atoms with E-state index in [2.05, 4.69) is 15.0 Å². The minimum atomic E-state index is -3.34. The summed E-state index contributed by atoms with van der Waals surface area (Å²) in [5.41, 5.74) is 1.22. The first-order valence-corrected chi connectivity index (χ1v) is 7.28. The summed E-state index contributed by atoms with van der Waals surface area (Å²) in [6, 6.07) is 9.16. The second-order valence-corrected chi connectivity index (χ2v) is 5.69. The number of nitrogens with one attached hydrogen (secondary N) is 2. The molecule has 0 spiro atoms. The van der Waals surface area contributed by atoms with Gasteiger partial charge < -0.3 is 5.32 Å². The Bertz CT molecular complexity index is 672. The summed E-state index contributed by atoms with van der Waals surface area (Å²) in [5, 5.41) is 2.96. The summed E-state index contributed by atoms with van der Waals surface area (Å²) in [7, 11) is -3.34. The number of sulfonamides is 1. The first-order chi connectivity index (χ1) is 8.92. The zero-order valence-electron chi connectivity index (χ0n) is 10.1. The highest BCUT2D eigenvalue weighted by atomic mass is 32.2. The van der Waals surface area contributed by atoms with Crippen LogP contribution in [0.25, 0.3) is 0 Å². The number of anilines is 3. The van der Waals surface area contributed by atoms with Crippen molar-refractivity contribution in [3.05, 3.63) is 48.4 Å². The molecule has 0 bridgehead atoms. The normalized spacial score (nSPS) is 11.1. The Morgan fingerprint density at radius 1 is 1.16 bits per heavy atom. The van der Waals surface area contributed by atoms with Gasteiger partial charge in [-0.1, -0.05) is 6.07 Å². The monoisotopic (exact) mass is 281 g/mol. The molecule has 5 nitrogen and oxygen atoms in total. The molecule has 1 aromatic heterocycles. The Balaban J connectivity index is 2.11. The van der Waals surface area contributed by atoms with E-state index in [1.165, 1.54) is 24.4 Å². The summed E-state index contributed by atoms with van der Waals surface area (Å²) >= 11 is 0. The number of halogens is 1. The lowest BCUT2D eigenvalue weighted by atomic mass is 10.3. The van der Waals surface area contributed by atoms with E-state index >= 15 is 0 Å². The molecule has 0 unspecified atom stereocenters. The third kappa shape index (κ3) is 4.22. The number of pyridine rings is 1. The second kappa shape index (κ2) is 5.23. The first-order valence-electron chi connectivity index (χ1n) is 5.39. The van der Waals surface area contributed by atoms with Gasteiger partial charge >= 0.3 is 0 Å². The van der Waals surface area contributed by atoms with Crippen LogP contribution in [0.3, 0.4) is 0 Å². The maximum atomic E-state index is 13.0. The topological polar surface area (TPSA) is 71.1 Å². The second-order valence-electron chi connectivity index (χ2n) is 3.94. The minimum Gasteiger partial charge on any atom is -0.354 e. The highest BCUT2D eigenvalue weighted by Gasteiger charge is 2.03. The van der Waals surface area contributed by atoms with Crippen LogP contribution in [0.4, 0.5) is 21.6 Å². The third-order valence-corrected chi connectivity index (χ3v) is 2.75. The molecule has 0 radical (unpaired) electrons. The number of hydrogen-bond donors (Lipinski definition) is 2. The van der Waals surface area contributed by atoms with Crippen LogP contribution in [-0.4, -0.2) is 19.7 Å². The van der Waals surface area contributed by atoms with Crippen LogP contribution in [0.5, 0.6) is 0 Å². The molecule has 0 saturated carbocycles. The minimum absolute atomic E-state index is 0.229. The maximum Gasteiger partial charge on any atom is 0.230 e. The van der Waals surface area contributed by atoms with Gasteiger partial charge in [0.05, 0.1) is 18.1 Å². The molecule has 0 aliphatic carbocycles. The van der Waals surface area contributed by atoms with Gasteiger partial charge in [0, 0.05) is 5.69 Å². The molecule has 7 heteroatoms. The Kier molecular flexibility index (Phi) is 3.66. The Hall–Kier alpha value is -2.15. The van der Waals surface area contributed by atoms with Crippen LogP contribution in [0.1, 0.15) is 0 Å². The molecule has 1 heterocycles. The van der Waals surface area contributed by atoms with Crippen molar-refractivity contribution in [1.29, 1.82) is 0 Å². The van der Waals surface area contributed by atoms with Crippen molar-refractivity contribution in [2.24, 2.45) is 0 Å². The molecule has 0 atom stereocenters. The smallest absolute Gasteiger partial charge is 0.230 e. The molecule has 100 valence electrons. The van der Waals surface area contributed by atoms with Gasteiger partial charge in [0.25, 0.3) is 0 Å². The van der Waals surface area contributed by atoms with Gasteiger partial charge in [-0.2, -0.15) is 0 Å². The fourth-order valence-corrected chi connectivity index (χ4v) is 1.95. The van der Waals surface area contributed by atoms with Gasteiger partial charge in [0.15, 0.2) is 0 Å². The predicted molar refractivity (Wildman–Crippen MR) is 72.4 cm³/mol. The zero-order chi connectivity index (χ0) is 13.9. The van der Waals surface area contributed by atoms with Gasteiger partial charge in [0.2, 0.25) is 10.0 Å². The fraction of sp³-hybridized carbons (Fsp3) is 0.0833. The fourth-order valence-electron chi connectivity index (χ4n) is 1.45. The third-order valence-electron chi connectivity index (χ3n) is 2.17. The van der Waals surface area contributed by atoms with E-state index in [0.717, 1.165) is 6.26 Å². The molecule has 2 aromatic rings. The summed E-state index contributed by atoms with van der Waals surface area (Å²) in [6.07, 6.45) is 2.51. The summed E-state index contributed by atoms with van der Waals surface area (Å²) in [6.45, 7) is 0. The highest BCUT2D eigenvalue weighted by Crippen LogP contribution is 2.17. The van der Waals surface area contributed by atoms with Crippen molar-refractivity contribution in [1.82, 2.24) is 4.98 Å². The number of nitrogens with zero attached hydrogens (tertiary/aromatic N) is 1. The van der Waals surface area contributed by atoms with Crippen LogP contribution >= 0.6 is 0 Å². The van der Waals surface area contributed by atoms with E-state index < -0.39 is 10.0 Å². The zero-order valence-corrected chi connectivity index (χ0v) is 10.9. The van der Waals surface area contributed by atoms with E-state index in [4.69, 9.17) is 0 Å². The summed E-state index contributed by atoms with van der Waals surface area (Å²) < 4.78 is 37.3. The molecule has 0 aliphatic heterocycles. The Labute approximate surface area is 110 Å². The van der Waals surface area contributed by atoms with Crippen LogP contribution < -0.4 is 10.0 Å². The van der Waals surface area contributed by atoms with Crippen LogP contribution in [-0.2, 0) is 10.0 Å². The number of rotatable bonds is 4. The van der Waals surface area contributed by atoms with Crippen molar-refractivity contribution in [3.63, 3.8) is 0 Å². The standard InChI is InChI=1S/C12H12FN3O2S/c1-19(17,18)16-12-6-5-11(8-14-12)15-10-4-2-3-9(13)7-10/h2-8,15H,1H3,(H,14,16). The van der Waals surface area contributed by atoms with Crippen molar-refractivity contribution < 1.29 is 12.8 Å². The van der Waals surface area contributed by atoms with E-state index in [0.29, 0.717) is 11.4 Å². The van der Waals surface area contributed by atoms with Crippen LogP contribution in [0.2, 0.25) is 0 Å². The summed E-state index contributed by atoms with van der Waals surface area (Å²) in [4.78, 5) is 3.94. The van der Waals surface area contributed by atoms with Gasteiger partial charge in [-0.25, -0.2) is 17.8 Å². The van der Waals surface area contributed by atoms with E-state index in [9.17, 15) is 12.8 Å². The van der Waals surface area contributed by atoms with Crippen molar-refractivity contribution in [3.8, 4) is 0 Å². The molecule has 0 amide bonds. The molecule has 2 rings (SSSR count). The summed E-state index contributed by atoms with van der Waals surface area (Å²) in [5.74, 6) is -0.111. The van der Waals surface area contributed by atoms with Crippen LogP contribution in [0.15, 0.2) is 42.6 Å². The quantitative estimate of drug-likeness (QED) is 0.902. The number of benzene rings is 1. The number of aromatic nitrogens is 1. The largest absolute Gasteiger partial charge is 0.354 e. The molecule has 2 N–H and O–H groups in total. The van der Waals surface area contributed by atoms with Crippen LogP contribution in [0, 0.1) is 5.82 Å². The SMILES string of the molecule is CS(=O)(=O)Nc1ccc(Nc2cccc(F)c2)cn1. The lowest BCUT2D eigenvalue weighted by molar-refractivity contribution is 0.606. The van der Waals surface area contributed by atoms with Crippen molar-refractivity contribution >= 4 is 27.2 Å². The average Bonchev–Trinajstić information content (AvgIpc) is 2.30. The van der Waals surface area contributed by atoms with E-state index in [1.807, 2.05) is 0 Å². The molecule has 0 aliphatic rings. The van der Waals surface area contributed by atoms with Gasteiger partial charge in [-0.3, -0.25) is 4.72 Å². The van der Waals surface area contributed by atoms with Gasteiger partial charge in [0.1, 0.15) is 11.6 Å². The van der Waals surface area contributed by atoms with E-state index in [-0.39, 0.29) is 11.6 Å². The molecule has 0 saturated heterocycles. The highest BCUT2D eigenvalue weighted by molar-refractivity contribution is 7.92. The molecule has 19 heavy (non-hydrogen) atoms. The van der Waals surface area contributed by atoms with Crippen molar-refractivity contribution in [2.75, 3.05) is 16.3 Å². The molecule has 1 aromatic carbocycles. The van der Waals surface area contributed by atoms with Gasteiger partial charge in [-0.05, 0) is 30.3 Å². The Morgan fingerprint density at radius 2 is 1.95 bits per heavy atom. The van der Waals surface area contributed by atoms with Crippen molar-refractivity contribution in [2.45, 2.75) is 0 Å². The Morgan fingerprint density at radius 3 is 2.53 bits per heavy atom. The van der Waals surface area contributed by atoms with E-state index in [1.54, 1.807) is 18.2 Å². The predicted octanol–water partition coefficient (Wildman–Crippen LogP) is 2.34. The van der Waals surface area contributed by atoms with Gasteiger partial charge in [-0.15, -0.1) is 0 Å². The lowest BCUT2D eigenvalue weighted by Gasteiger charge is -2.07. The molecule has 0 fully saturated rings. The molecular formula is C12H12FN3O2S. The molecular weight excluding hydrogens is 269 g/mol. The maximum absolute atomic E-state index is 13.0. The average molecular weight is 281 g/mol. The number of hydrogen-bond acceptors (Lipinski definition) is 4. The lowest BCUT2D eigenvalue weighted by Crippen LogP contribution is -2.10.